The topological polar surface area (TPSA) is 54.5 Å². The SMILES string of the molecule is CC(CCc1ccccc1)c1nn[nH]n1. The highest BCUT2D eigenvalue weighted by atomic mass is 15.5. The van der Waals surface area contributed by atoms with Gasteiger partial charge in [-0.15, -0.1) is 10.2 Å². The highest BCUT2D eigenvalue weighted by molar-refractivity contribution is 5.15. The Morgan fingerprint density at radius 2 is 2.07 bits per heavy atom. The zero-order valence-electron chi connectivity index (χ0n) is 8.72. The summed E-state index contributed by atoms with van der Waals surface area (Å²) in [5.74, 6) is 1.15. The first-order chi connectivity index (χ1) is 7.36. The molecule has 2 aromatic rings. The summed E-state index contributed by atoms with van der Waals surface area (Å²) in [4.78, 5) is 0. The Balaban J connectivity index is 1.89. The lowest BCUT2D eigenvalue weighted by Crippen LogP contribution is -1.98. The molecule has 1 atom stereocenters. The number of aromatic nitrogens is 4. The summed E-state index contributed by atoms with van der Waals surface area (Å²) >= 11 is 0. The summed E-state index contributed by atoms with van der Waals surface area (Å²) in [5.41, 5.74) is 1.35. The molecule has 1 aromatic carbocycles. The molecule has 4 nitrogen and oxygen atoms in total. The lowest BCUT2D eigenvalue weighted by Gasteiger charge is -2.05. The third-order valence-corrected chi connectivity index (χ3v) is 2.51. The lowest BCUT2D eigenvalue weighted by atomic mass is 10.0. The van der Waals surface area contributed by atoms with E-state index in [0.717, 1.165) is 18.7 Å². The van der Waals surface area contributed by atoms with Crippen molar-refractivity contribution in [3.63, 3.8) is 0 Å². The van der Waals surface area contributed by atoms with Crippen molar-refractivity contribution < 1.29 is 0 Å². The fourth-order valence-corrected chi connectivity index (χ4v) is 1.54. The minimum atomic E-state index is 0.351. The highest BCUT2D eigenvalue weighted by Gasteiger charge is 2.09. The maximum Gasteiger partial charge on any atom is 0.177 e. The average Bonchev–Trinajstić information content (AvgIpc) is 2.81. The number of hydrogen-bond acceptors (Lipinski definition) is 3. The van der Waals surface area contributed by atoms with Crippen molar-refractivity contribution in [2.45, 2.75) is 25.7 Å². The molecular formula is C11H14N4. The van der Waals surface area contributed by atoms with Crippen LogP contribution in [-0.2, 0) is 6.42 Å². The van der Waals surface area contributed by atoms with Crippen molar-refractivity contribution in [3.8, 4) is 0 Å². The van der Waals surface area contributed by atoms with Crippen molar-refractivity contribution in [1.29, 1.82) is 0 Å². The number of hydrogen-bond donors (Lipinski definition) is 1. The first-order valence-corrected chi connectivity index (χ1v) is 5.13. The normalized spacial score (nSPS) is 12.6. The van der Waals surface area contributed by atoms with Crippen LogP contribution >= 0.6 is 0 Å². The van der Waals surface area contributed by atoms with Gasteiger partial charge in [-0.3, -0.25) is 0 Å². The molecule has 0 amide bonds. The highest BCUT2D eigenvalue weighted by Crippen LogP contribution is 2.16. The molecule has 1 aromatic heterocycles. The second-order valence-electron chi connectivity index (χ2n) is 3.70. The second kappa shape index (κ2) is 4.68. The Hall–Kier alpha value is -1.71. The van der Waals surface area contributed by atoms with Crippen molar-refractivity contribution in [3.05, 3.63) is 41.7 Å². The molecule has 1 unspecified atom stereocenters. The number of H-pyrrole nitrogens is 1. The van der Waals surface area contributed by atoms with Gasteiger partial charge in [0, 0.05) is 5.92 Å². The third kappa shape index (κ3) is 2.62. The lowest BCUT2D eigenvalue weighted by molar-refractivity contribution is 0.639. The molecule has 4 heteroatoms. The van der Waals surface area contributed by atoms with E-state index < -0.39 is 0 Å². The molecule has 0 radical (unpaired) electrons. The molecule has 78 valence electrons. The van der Waals surface area contributed by atoms with Crippen LogP contribution in [0.4, 0.5) is 0 Å². The van der Waals surface area contributed by atoms with Gasteiger partial charge in [-0.1, -0.05) is 42.5 Å². The van der Waals surface area contributed by atoms with Crippen LogP contribution in [-0.4, -0.2) is 20.6 Å². The summed E-state index contributed by atoms with van der Waals surface area (Å²) in [5, 5.41) is 14.0. The van der Waals surface area contributed by atoms with E-state index in [0.29, 0.717) is 5.92 Å². The van der Waals surface area contributed by atoms with E-state index in [9.17, 15) is 0 Å². The monoisotopic (exact) mass is 202 g/mol. The first kappa shape index (κ1) is 9.83. The van der Waals surface area contributed by atoms with Gasteiger partial charge in [0.15, 0.2) is 5.82 Å². The van der Waals surface area contributed by atoms with E-state index in [4.69, 9.17) is 0 Å². The van der Waals surface area contributed by atoms with Gasteiger partial charge in [-0.2, -0.15) is 5.21 Å². The molecule has 0 saturated heterocycles. The summed E-state index contributed by atoms with van der Waals surface area (Å²) in [7, 11) is 0. The maximum absolute atomic E-state index is 3.98. The van der Waals surface area contributed by atoms with Crippen LogP contribution in [0.2, 0.25) is 0 Å². The Bertz CT molecular complexity index is 382. The summed E-state index contributed by atoms with van der Waals surface area (Å²) in [6.07, 6.45) is 2.10. The Kier molecular flexibility index (Phi) is 3.07. The molecule has 0 aliphatic carbocycles. The zero-order valence-corrected chi connectivity index (χ0v) is 8.72. The smallest absolute Gasteiger partial charge is 0.177 e. The van der Waals surface area contributed by atoms with E-state index in [1.165, 1.54) is 5.56 Å². The zero-order chi connectivity index (χ0) is 10.5. The van der Waals surface area contributed by atoms with Crippen molar-refractivity contribution in [2.24, 2.45) is 0 Å². The Morgan fingerprint density at radius 3 is 2.73 bits per heavy atom. The van der Waals surface area contributed by atoms with Crippen molar-refractivity contribution >= 4 is 0 Å². The van der Waals surface area contributed by atoms with Crippen LogP contribution in [0.1, 0.15) is 30.7 Å². The number of nitrogens with one attached hydrogen (secondary N) is 1. The first-order valence-electron chi connectivity index (χ1n) is 5.13. The third-order valence-electron chi connectivity index (χ3n) is 2.51. The molecular weight excluding hydrogens is 188 g/mol. The predicted octanol–water partition coefficient (Wildman–Crippen LogP) is 1.94. The Morgan fingerprint density at radius 1 is 1.27 bits per heavy atom. The molecule has 0 saturated carbocycles. The fourth-order valence-electron chi connectivity index (χ4n) is 1.54. The van der Waals surface area contributed by atoms with Gasteiger partial charge in [0.2, 0.25) is 0 Å². The second-order valence-corrected chi connectivity index (χ2v) is 3.70. The van der Waals surface area contributed by atoms with Crippen LogP contribution in [0.3, 0.4) is 0 Å². The van der Waals surface area contributed by atoms with Crippen molar-refractivity contribution in [2.75, 3.05) is 0 Å². The minimum Gasteiger partial charge on any atom is -0.177 e. The van der Waals surface area contributed by atoms with E-state index in [2.05, 4.69) is 51.8 Å². The quantitative estimate of drug-likeness (QED) is 0.824. The van der Waals surface area contributed by atoms with E-state index >= 15 is 0 Å². The van der Waals surface area contributed by atoms with Crippen LogP contribution in [0.25, 0.3) is 0 Å². The Labute approximate surface area is 88.7 Å². The summed E-state index contributed by atoms with van der Waals surface area (Å²) in [6.45, 7) is 2.12. The number of aryl methyl sites for hydroxylation is 1. The van der Waals surface area contributed by atoms with Crippen LogP contribution in [0, 0.1) is 0 Å². The molecule has 0 bridgehead atoms. The van der Waals surface area contributed by atoms with Gasteiger partial charge >= 0.3 is 0 Å². The van der Waals surface area contributed by atoms with Crippen LogP contribution < -0.4 is 0 Å². The van der Waals surface area contributed by atoms with Gasteiger partial charge < -0.3 is 0 Å². The molecule has 1 N–H and O–H groups in total. The number of tetrazole rings is 1. The predicted molar refractivity (Wildman–Crippen MR) is 57.4 cm³/mol. The maximum atomic E-state index is 3.98. The van der Waals surface area contributed by atoms with Gasteiger partial charge in [-0.05, 0) is 18.4 Å². The van der Waals surface area contributed by atoms with Crippen LogP contribution in [0.15, 0.2) is 30.3 Å². The van der Waals surface area contributed by atoms with E-state index in [1.54, 1.807) is 0 Å². The van der Waals surface area contributed by atoms with E-state index in [-0.39, 0.29) is 0 Å². The van der Waals surface area contributed by atoms with E-state index in [1.807, 2.05) is 6.07 Å². The average molecular weight is 202 g/mol. The molecule has 15 heavy (non-hydrogen) atoms. The van der Waals surface area contributed by atoms with Crippen LogP contribution in [0.5, 0.6) is 0 Å². The molecule has 0 fully saturated rings. The summed E-state index contributed by atoms with van der Waals surface area (Å²) < 4.78 is 0. The molecule has 2 rings (SSSR count). The van der Waals surface area contributed by atoms with Gasteiger partial charge in [0.1, 0.15) is 0 Å². The number of rotatable bonds is 4. The van der Waals surface area contributed by atoms with Gasteiger partial charge in [0.05, 0.1) is 0 Å². The number of aromatic amines is 1. The van der Waals surface area contributed by atoms with Gasteiger partial charge in [0.25, 0.3) is 0 Å². The molecule has 1 heterocycles. The summed E-state index contributed by atoms with van der Waals surface area (Å²) in [6, 6.07) is 10.4. The molecule has 0 spiro atoms. The number of nitrogens with zero attached hydrogens (tertiary/aromatic N) is 3. The van der Waals surface area contributed by atoms with Gasteiger partial charge in [-0.25, -0.2) is 0 Å². The number of benzene rings is 1. The minimum absolute atomic E-state index is 0.351. The van der Waals surface area contributed by atoms with Crippen molar-refractivity contribution in [1.82, 2.24) is 20.6 Å². The molecule has 0 aliphatic heterocycles. The fraction of sp³-hybridized carbons (Fsp3) is 0.364. The molecule has 0 aliphatic rings. The largest absolute Gasteiger partial charge is 0.177 e. The standard InChI is InChI=1S/C11H14N4/c1-9(11-12-14-15-13-11)7-8-10-5-3-2-4-6-10/h2-6,9H,7-8H2,1H3,(H,12,13,14,15).